The number of aryl methyl sites for hydroxylation is 1. The molecule has 5 nitrogen and oxygen atoms in total. The first-order valence-electron chi connectivity index (χ1n) is 8.27. The van der Waals surface area contributed by atoms with E-state index in [1.807, 2.05) is 25.1 Å². The Morgan fingerprint density at radius 3 is 2.79 bits per heavy atom. The topological polar surface area (TPSA) is 66.9 Å². The largest absolute Gasteiger partial charge is 0.313 e. The van der Waals surface area contributed by atoms with Crippen LogP contribution in [0.25, 0.3) is 0 Å². The third kappa shape index (κ3) is 4.39. The van der Waals surface area contributed by atoms with Crippen molar-refractivity contribution in [3.05, 3.63) is 40.4 Å². The smallest absolute Gasteiger partial charge is 0.257 e. The highest BCUT2D eigenvalue weighted by atomic mass is 32.1. The summed E-state index contributed by atoms with van der Waals surface area (Å²) in [4.78, 5) is 12.4. The van der Waals surface area contributed by atoms with Gasteiger partial charge in [-0.1, -0.05) is 44.2 Å². The number of hydrogen-bond donors (Lipinski definition) is 2. The molecule has 2 N–H and O–H groups in total. The zero-order valence-electron chi connectivity index (χ0n) is 14.6. The van der Waals surface area contributed by atoms with Gasteiger partial charge in [0.2, 0.25) is 5.13 Å². The second kappa shape index (κ2) is 6.61. The first-order chi connectivity index (χ1) is 11.3. The maximum absolute atomic E-state index is 12.4. The summed E-state index contributed by atoms with van der Waals surface area (Å²) in [6.07, 6.45) is 1.14. The van der Waals surface area contributed by atoms with Gasteiger partial charge in [-0.3, -0.25) is 10.1 Å². The highest BCUT2D eigenvalue weighted by Crippen LogP contribution is 2.41. The Kier molecular flexibility index (Phi) is 4.69. The fourth-order valence-electron chi connectivity index (χ4n) is 2.65. The fourth-order valence-corrected chi connectivity index (χ4v) is 3.24. The normalized spacial score (nSPS) is 20.0. The maximum Gasteiger partial charge on any atom is 0.257 e. The number of benzene rings is 1. The zero-order chi connectivity index (χ0) is 17.3. The van der Waals surface area contributed by atoms with E-state index < -0.39 is 0 Å². The molecule has 0 bridgehead atoms. The van der Waals surface area contributed by atoms with Crippen LogP contribution < -0.4 is 10.6 Å². The highest BCUT2D eigenvalue weighted by molar-refractivity contribution is 7.15. The molecular weight excluding hydrogens is 320 g/mol. The van der Waals surface area contributed by atoms with Crippen molar-refractivity contribution in [1.82, 2.24) is 15.5 Å². The zero-order valence-corrected chi connectivity index (χ0v) is 15.4. The fraction of sp³-hybridized carbons (Fsp3) is 0.500. The van der Waals surface area contributed by atoms with Crippen LogP contribution >= 0.6 is 11.3 Å². The molecule has 0 radical (unpaired) electrons. The molecule has 1 aromatic carbocycles. The number of amides is 1. The van der Waals surface area contributed by atoms with Crippen LogP contribution in [0.2, 0.25) is 0 Å². The maximum atomic E-state index is 12.4. The number of hydrogen-bond acceptors (Lipinski definition) is 5. The average Bonchev–Trinajstić information content (AvgIpc) is 3.20. The lowest BCUT2D eigenvalue weighted by atomic mass is 9.97. The highest BCUT2D eigenvalue weighted by Gasteiger charge is 2.38. The van der Waals surface area contributed by atoms with Crippen molar-refractivity contribution in [2.24, 2.45) is 5.41 Å². The third-order valence-corrected chi connectivity index (χ3v) is 4.76. The van der Waals surface area contributed by atoms with E-state index in [0.29, 0.717) is 22.7 Å². The van der Waals surface area contributed by atoms with Gasteiger partial charge in [0.05, 0.1) is 0 Å². The quantitative estimate of drug-likeness (QED) is 0.870. The van der Waals surface area contributed by atoms with Crippen molar-refractivity contribution in [1.29, 1.82) is 0 Å². The predicted octanol–water partition coefficient (Wildman–Crippen LogP) is 3.59. The van der Waals surface area contributed by atoms with Crippen LogP contribution in [-0.4, -0.2) is 28.7 Å². The number of carbonyl (C=O) groups excluding carboxylic acids is 1. The molecule has 0 saturated heterocycles. The van der Waals surface area contributed by atoms with Crippen LogP contribution in [0.15, 0.2) is 24.3 Å². The third-order valence-electron chi connectivity index (χ3n) is 4.01. The van der Waals surface area contributed by atoms with Crippen LogP contribution in [0.4, 0.5) is 5.13 Å². The van der Waals surface area contributed by atoms with Gasteiger partial charge in [0.1, 0.15) is 5.01 Å². The molecule has 24 heavy (non-hydrogen) atoms. The van der Waals surface area contributed by atoms with Crippen LogP contribution in [0, 0.1) is 12.3 Å². The molecule has 1 amide bonds. The van der Waals surface area contributed by atoms with Gasteiger partial charge in [-0.05, 0) is 36.5 Å². The molecule has 1 saturated carbocycles. The van der Waals surface area contributed by atoms with Crippen molar-refractivity contribution in [2.45, 2.75) is 46.1 Å². The average molecular weight is 344 g/mol. The van der Waals surface area contributed by atoms with Crippen molar-refractivity contribution >= 4 is 22.4 Å². The molecule has 1 aliphatic rings. The molecule has 1 aromatic heterocycles. The van der Waals surface area contributed by atoms with E-state index in [1.165, 1.54) is 16.9 Å². The van der Waals surface area contributed by atoms with E-state index >= 15 is 0 Å². The minimum absolute atomic E-state index is 0.132. The molecule has 3 rings (SSSR count). The van der Waals surface area contributed by atoms with Crippen LogP contribution in [-0.2, 0) is 0 Å². The van der Waals surface area contributed by atoms with Crippen LogP contribution in [0.3, 0.4) is 0 Å². The Morgan fingerprint density at radius 2 is 2.12 bits per heavy atom. The number of nitrogens with one attached hydrogen (secondary N) is 2. The molecule has 1 aliphatic carbocycles. The molecule has 128 valence electrons. The molecule has 2 aromatic rings. The van der Waals surface area contributed by atoms with E-state index in [0.717, 1.165) is 18.0 Å². The number of rotatable bonds is 5. The number of anilines is 1. The van der Waals surface area contributed by atoms with Crippen LogP contribution in [0.5, 0.6) is 0 Å². The van der Waals surface area contributed by atoms with Gasteiger partial charge in [0.15, 0.2) is 0 Å². The van der Waals surface area contributed by atoms with Gasteiger partial charge in [-0.15, -0.1) is 10.2 Å². The van der Waals surface area contributed by atoms with E-state index in [2.05, 4.69) is 47.7 Å². The molecule has 1 fully saturated rings. The Balaban J connectivity index is 1.61. The van der Waals surface area contributed by atoms with Gasteiger partial charge in [0.25, 0.3) is 5.91 Å². The van der Waals surface area contributed by atoms with E-state index in [4.69, 9.17) is 0 Å². The lowest BCUT2D eigenvalue weighted by Gasteiger charge is -2.18. The predicted molar refractivity (Wildman–Crippen MR) is 97.6 cm³/mol. The summed E-state index contributed by atoms with van der Waals surface area (Å²) in [5.41, 5.74) is 2.18. The van der Waals surface area contributed by atoms with Gasteiger partial charge >= 0.3 is 0 Å². The molecule has 0 unspecified atom stereocenters. The SMILES string of the molecule is Cc1nnc(NC(=O)c2cccc([C@@H]3C[C@H]3NCC(C)(C)C)c2)s1. The summed E-state index contributed by atoms with van der Waals surface area (Å²) in [5.74, 6) is 0.372. The summed E-state index contributed by atoms with van der Waals surface area (Å²) in [6, 6.07) is 8.41. The standard InChI is InChI=1S/C18H24N4OS/c1-11-21-22-17(24-11)20-16(23)13-7-5-6-12(8-13)14-9-15(14)19-10-18(2,3)4/h5-8,14-15,19H,9-10H2,1-4H3,(H,20,22,23)/t14-,15+/m0/s1. The Labute approximate surface area is 146 Å². The van der Waals surface area contributed by atoms with Crippen LogP contribution in [0.1, 0.15) is 54.0 Å². The molecule has 2 atom stereocenters. The Bertz CT molecular complexity index is 735. The Hall–Kier alpha value is -1.79. The lowest BCUT2D eigenvalue weighted by Crippen LogP contribution is -2.29. The summed E-state index contributed by atoms with van der Waals surface area (Å²) in [6.45, 7) is 9.57. The summed E-state index contributed by atoms with van der Waals surface area (Å²) < 4.78 is 0. The minimum Gasteiger partial charge on any atom is -0.313 e. The lowest BCUT2D eigenvalue weighted by molar-refractivity contribution is 0.102. The van der Waals surface area contributed by atoms with Crippen molar-refractivity contribution in [3.63, 3.8) is 0 Å². The first-order valence-corrected chi connectivity index (χ1v) is 9.08. The molecular formula is C18H24N4OS. The summed E-state index contributed by atoms with van der Waals surface area (Å²) in [5, 5.41) is 15.7. The van der Waals surface area contributed by atoms with Gasteiger partial charge in [-0.25, -0.2) is 0 Å². The number of carbonyl (C=O) groups is 1. The molecule has 6 heteroatoms. The minimum atomic E-state index is -0.132. The monoisotopic (exact) mass is 344 g/mol. The van der Waals surface area contributed by atoms with Crippen molar-refractivity contribution < 1.29 is 4.79 Å². The second-order valence-electron chi connectivity index (χ2n) is 7.60. The summed E-state index contributed by atoms with van der Waals surface area (Å²) >= 11 is 1.38. The number of aromatic nitrogens is 2. The van der Waals surface area contributed by atoms with Gasteiger partial charge < -0.3 is 5.32 Å². The Morgan fingerprint density at radius 1 is 1.33 bits per heavy atom. The van der Waals surface area contributed by atoms with Crippen molar-refractivity contribution in [3.8, 4) is 0 Å². The van der Waals surface area contributed by atoms with E-state index in [9.17, 15) is 4.79 Å². The summed E-state index contributed by atoms with van der Waals surface area (Å²) in [7, 11) is 0. The molecule has 1 heterocycles. The van der Waals surface area contributed by atoms with Gasteiger partial charge in [-0.2, -0.15) is 0 Å². The van der Waals surface area contributed by atoms with Crippen molar-refractivity contribution in [2.75, 3.05) is 11.9 Å². The molecule has 0 spiro atoms. The first kappa shape index (κ1) is 17.0. The number of nitrogens with zero attached hydrogens (tertiary/aromatic N) is 2. The van der Waals surface area contributed by atoms with E-state index in [-0.39, 0.29) is 11.3 Å². The molecule has 0 aliphatic heterocycles. The second-order valence-corrected chi connectivity index (χ2v) is 8.78. The van der Waals surface area contributed by atoms with Gasteiger partial charge in [0, 0.05) is 24.1 Å². The van der Waals surface area contributed by atoms with E-state index in [1.54, 1.807) is 0 Å².